The monoisotopic (exact) mass is 218 g/mol. The number of benzene rings is 1. The predicted molar refractivity (Wildman–Crippen MR) is 58.9 cm³/mol. The Balaban J connectivity index is 3.03. The fourth-order valence-electron chi connectivity index (χ4n) is 1.20. The Morgan fingerprint density at radius 3 is 2.94 bits per heavy atom. The van der Waals surface area contributed by atoms with Crippen LogP contribution in [0.5, 0.6) is 5.75 Å². The van der Waals surface area contributed by atoms with E-state index in [1.54, 1.807) is 18.2 Å². The molecule has 0 amide bonds. The van der Waals surface area contributed by atoms with Crippen molar-refractivity contribution in [3.8, 4) is 11.8 Å². The predicted octanol–water partition coefficient (Wildman–Crippen LogP) is 2.53. The summed E-state index contributed by atoms with van der Waals surface area (Å²) in [5.41, 5.74) is 0.587. The number of hydrogen-bond donors (Lipinski definition) is 0. The first kappa shape index (κ1) is 11.7. The second kappa shape index (κ2) is 5.51. The lowest BCUT2D eigenvalue weighted by Crippen LogP contribution is -1.93. The minimum absolute atomic E-state index is 0.0818. The summed E-state index contributed by atoms with van der Waals surface area (Å²) < 4.78 is 4.87. The molecule has 0 bridgehead atoms. The molecule has 82 valence electrons. The highest BCUT2D eigenvalue weighted by atomic mass is 16.6. The molecule has 0 saturated heterocycles. The highest BCUT2D eigenvalue weighted by Crippen LogP contribution is 2.27. The highest BCUT2D eigenvalue weighted by Gasteiger charge is 2.13. The average molecular weight is 218 g/mol. The molecule has 0 heterocycles. The number of nitrogens with zero attached hydrogens (tertiary/aromatic N) is 2. The molecule has 1 rings (SSSR count). The molecule has 5 heteroatoms. The summed E-state index contributed by atoms with van der Waals surface area (Å²) in [6.45, 7) is 0. The van der Waals surface area contributed by atoms with Gasteiger partial charge in [-0.05, 0) is 11.6 Å². The van der Waals surface area contributed by atoms with Crippen molar-refractivity contribution in [1.29, 1.82) is 5.26 Å². The van der Waals surface area contributed by atoms with E-state index in [-0.39, 0.29) is 17.9 Å². The number of nitriles is 1. The summed E-state index contributed by atoms with van der Waals surface area (Å²) in [5.74, 6) is 0.224. The first-order valence-electron chi connectivity index (χ1n) is 4.55. The van der Waals surface area contributed by atoms with Gasteiger partial charge in [0.1, 0.15) is 0 Å². The molecule has 0 aromatic heterocycles. The van der Waals surface area contributed by atoms with E-state index < -0.39 is 4.92 Å². The molecule has 0 saturated carbocycles. The summed E-state index contributed by atoms with van der Waals surface area (Å²) in [7, 11) is 1.38. The number of allylic oxidation sites excluding steroid dienone is 1. The van der Waals surface area contributed by atoms with Crippen LogP contribution in [0.4, 0.5) is 5.69 Å². The van der Waals surface area contributed by atoms with E-state index in [0.717, 1.165) is 0 Å². The number of nitro groups is 1. The Morgan fingerprint density at radius 2 is 2.38 bits per heavy atom. The largest absolute Gasteiger partial charge is 0.490 e. The minimum Gasteiger partial charge on any atom is -0.490 e. The van der Waals surface area contributed by atoms with Crippen molar-refractivity contribution in [2.75, 3.05) is 7.11 Å². The smallest absolute Gasteiger partial charge is 0.311 e. The van der Waals surface area contributed by atoms with Crippen LogP contribution in [0.2, 0.25) is 0 Å². The van der Waals surface area contributed by atoms with Gasteiger partial charge >= 0.3 is 5.69 Å². The fraction of sp³-hybridized carbons (Fsp3) is 0.182. The van der Waals surface area contributed by atoms with Gasteiger partial charge in [-0.15, -0.1) is 0 Å². The maximum atomic E-state index is 10.7. The van der Waals surface area contributed by atoms with Crippen molar-refractivity contribution in [3.05, 3.63) is 40.0 Å². The van der Waals surface area contributed by atoms with Crippen molar-refractivity contribution in [3.63, 3.8) is 0 Å². The second-order valence-corrected chi connectivity index (χ2v) is 2.95. The lowest BCUT2D eigenvalue weighted by atomic mass is 10.1. The zero-order chi connectivity index (χ0) is 12.0. The van der Waals surface area contributed by atoms with Crippen LogP contribution in [-0.4, -0.2) is 12.0 Å². The standard InChI is InChI=1S/C11H10N2O3/c1-16-11-6-5-9(4-2-3-7-12)8-10(11)13(14)15/h2,4-6,8H,3H2,1H3. The zero-order valence-electron chi connectivity index (χ0n) is 8.71. The molecule has 0 radical (unpaired) electrons. The molecule has 0 aliphatic rings. The van der Waals surface area contributed by atoms with Gasteiger partial charge in [0.15, 0.2) is 5.75 Å². The van der Waals surface area contributed by atoms with Crippen LogP contribution < -0.4 is 4.74 Å². The van der Waals surface area contributed by atoms with Crippen LogP contribution in [0.3, 0.4) is 0 Å². The number of ether oxygens (including phenoxy) is 1. The van der Waals surface area contributed by atoms with Gasteiger partial charge in [0, 0.05) is 6.07 Å². The molecule has 0 fully saturated rings. The van der Waals surface area contributed by atoms with Crippen LogP contribution in [0.25, 0.3) is 6.08 Å². The molecular weight excluding hydrogens is 208 g/mol. The van der Waals surface area contributed by atoms with E-state index in [4.69, 9.17) is 10.00 Å². The first-order chi connectivity index (χ1) is 7.69. The third-order valence-corrected chi connectivity index (χ3v) is 1.92. The van der Waals surface area contributed by atoms with Gasteiger partial charge in [0.05, 0.1) is 24.5 Å². The van der Waals surface area contributed by atoms with Gasteiger partial charge in [0.25, 0.3) is 0 Å². The van der Waals surface area contributed by atoms with Crippen LogP contribution in [0.15, 0.2) is 24.3 Å². The lowest BCUT2D eigenvalue weighted by Gasteiger charge is -2.01. The van der Waals surface area contributed by atoms with Gasteiger partial charge in [-0.2, -0.15) is 5.26 Å². The molecule has 1 aromatic carbocycles. The molecule has 5 nitrogen and oxygen atoms in total. The van der Waals surface area contributed by atoms with Crippen molar-refractivity contribution in [2.45, 2.75) is 6.42 Å². The third-order valence-electron chi connectivity index (χ3n) is 1.92. The van der Waals surface area contributed by atoms with Crippen molar-refractivity contribution in [2.24, 2.45) is 0 Å². The molecular formula is C11H10N2O3. The molecule has 1 aromatic rings. The molecule has 16 heavy (non-hydrogen) atoms. The van der Waals surface area contributed by atoms with Crippen molar-refractivity contribution < 1.29 is 9.66 Å². The molecule has 0 atom stereocenters. The van der Waals surface area contributed by atoms with Gasteiger partial charge in [0.2, 0.25) is 0 Å². The minimum atomic E-state index is -0.500. The maximum absolute atomic E-state index is 10.7. The van der Waals surface area contributed by atoms with E-state index in [1.165, 1.54) is 19.2 Å². The Labute approximate surface area is 92.7 Å². The van der Waals surface area contributed by atoms with Crippen molar-refractivity contribution in [1.82, 2.24) is 0 Å². The van der Waals surface area contributed by atoms with E-state index in [2.05, 4.69) is 0 Å². The summed E-state index contributed by atoms with van der Waals surface area (Å²) in [6, 6.07) is 6.59. The van der Waals surface area contributed by atoms with E-state index in [0.29, 0.717) is 5.56 Å². The summed E-state index contributed by atoms with van der Waals surface area (Å²) in [6.07, 6.45) is 3.58. The average Bonchev–Trinajstić information content (AvgIpc) is 2.29. The molecule has 0 N–H and O–H groups in total. The van der Waals surface area contributed by atoms with E-state index >= 15 is 0 Å². The van der Waals surface area contributed by atoms with Crippen LogP contribution in [0, 0.1) is 21.4 Å². The molecule has 0 aliphatic carbocycles. The second-order valence-electron chi connectivity index (χ2n) is 2.95. The highest BCUT2D eigenvalue weighted by molar-refractivity contribution is 5.58. The lowest BCUT2D eigenvalue weighted by molar-refractivity contribution is -0.385. The maximum Gasteiger partial charge on any atom is 0.311 e. The molecule has 0 spiro atoms. The Kier molecular flexibility index (Phi) is 4.04. The van der Waals surface area contributed by atoms with Crippen LogP contribution >= 0.6 is 0 Å². The first-order valence-corrected chi connectivity index (χ1v) is 4.55. The fourth-order valence-corrected chi connectivity index (χ4v) is 1.20. The molecule has 0 unspecified atom stereocenters. The van der Waals surface area contributed by atoms with Gasteiger partial charge < -0.3 is 4.74 Å². The number of hydrogen-bond acceptors (Lipinski definition) is 4. The Morgan fingerprint density at radius 1 is 1.62 bits per heavy atom. The topological polar surface area (TPSA) is 76.2 Å². The summed E-state index contributed by atoms with van der Waals surface area (Å²) >= 11 is 0. The zero-order valence-corrected chi connectivity index (χ0v) is 8.71. The number of methoxy groups -OCH3 is 1. The van der Waals surface area contributed by atoms with Crippen molar-refractivity contribution >= 4 is 11.8 Å². The Bertz CT molecular complexity index is 461. The SMILES string of the molecule is COc1ccc(C=CCC#N)cc1[N+](=O)[O-]. The molecule has 0 aliphatic heterocycles. The summed E-state index contributed by atoms with van der Waals surface area (Å²) in [5, 5.41) is 19.1. The van der Waals surface area contributed by atoms with E-state index in [9.17, 15) is 10.1 Å². The normalized spacial score (nSPS) is 10.0. The number of nitro benzene ring substituents is 1. The van der Waals surface area contributed by atoms with Gasteiger partial charge in [-0.1, -0.05) is 18.2 Å². The van der Waals surface area contributed by atoms with Crippen LogP contribution in [0.1, 0.15) is 12.0 Å². The van der Waals surface area contributed by atoms with E-state index in [1.807, 2.05) is 6.07 Å². The quantitative estimate of drug-likeness (QED) is 0.574. The number of rotatable bonds is 4. The third kappa shape index (κ3) is 2.82. The van der Waals surface area contributed by atoms with Crippen LogP contribution in [-0.2, 0) is 0 Å². The summed E-state index contributed by atoms with van der Waals surface area (Å²) in [4.78, 5) is 10.2. The Hall–Kier alpha value is -2.35. The van der Waals surface area contributed by atoms with Gasteiger partial charge in [-0.3, -0.25) is 10.1 Å². The van der Waals surface area contributed by atoms with Gasteiger partial charge in [-0.25, -0.2) is 0 Å².